The maximum Gasteiger partial charge on any atom is 0.124 e. The Morgan fingerprint density at radius 1 is 1.43 bits per heavy atom. The molecule has 1 rings (SSSR count). The quantitative estimate of drug-likeness (QED) is 0.615. The van der Waals surface area contributed by atoms with Crippen LogP contribution in [0.1, 0.15) is 25.3 Å². The van der Waals surface area contributed by atoms with Crippen molar-refractivity contribution in [3.8, 4) is 5.75 Å². The van der Waals surface area contributed by atoms with E-state index in [0.29, 0.717) is 10.7 Å². The van der Waals surface area contributed by atoms with E-state index in [1.807, 2.05) is 13.0 Å². The van der Waals surface area contributed by atoms with Crippen LogP contribution in [0.4, 0.5) is 5.69 Å². The van der Waals surface area contributed by atoms with Crippen LogP contribution in [0, 0.1) is 6.92 Å². The second-order valence-electron chi connectivity index (χ2n) is 3.34. The lowest BCUT2D eigenvalue weighted by atomic mass is 10.2. The monoisotopic (exact) mass is 213 g/mol. The van der Waals surface area contributed by atoms with Crippen LogP contribution in [0.25, 0.3) is 0 Å². The van der Waals surface area contributed by atoms with Gasteiger partial charge in [-0.2, -0.15) is 0 Å². The van der Waals surface area contributed by atoms with Gasteiger partial charge in [0, 0.05) is 6.07 Å². The minimum atomic E-state index is 0.573. The highest BCUT2D eigenvalue weighted by Gasteiger charge is 2.03. The van der Waals surface area contributed by atoms with Crippen LogP contribution in [0.3, 0.4) is 0 Å². The number of hydrogen-bond acceptors (Lipinski definition) is 2. The molecule has 0 fully saturated rings. The molecule has 0 spiro atoms. The second kappa shape index (κ2) is 5.11. The van der Waals surface area contributed by atoms with Crippen molar-refractivity contribution in [3.05, 3.63) is 22.7 Å². The summed E-state index contributed by atoms with van der Waals surface area (Å²) in [6.45, 7) is 4.83. The molecule has 0 aliphatic rings. The van der Waals surface area contributed by atoms with E-state index in [4.69, 9.17) is 22.1 Å². The van der Waals surface area contributed by atoms with Gasteiger partial charge >= 0.3 is 0 Å². The molecule has 14 heavy (non-hydrogen) atoms. The number of ether oxygens (including phenoxy) is 1. The molecule has 1 aromatic carbocycles. The maximum atomic E-state index is 5.87. The summed E-state index contributed by atoms with van der Waals surface area (Å²) in [4.78, 5) is 0. The Balaban J connectivity index is 2.72. The van der Waals surface area contributed by atoms with Gasteiger partial charge in [0.05, 0.1) is 17.3 Å². The van der Waals surface area contributed by atoms with E-state index in [-0.39, 0.29) is 0 Å². The molecule has 0 unspecified atom stereocenters. The number of anilines is 1. The number of nitrogen functional groups attached to an aromatic ring is 1. The summed E-state index contributed by atoms with van der Waals surface area (Å²) >= 11 is 5.87. The second-order valence-corrected chi connectivity index (χ2v) is 3.75. The fourth-order valence-corrected chi connectivity index (χ4v) is 1.37. The third-order valence-corrected chi connectivity index (χ3v) is 2.38. The van der Waals surface area contributed by atoms with E-state index < -0.39 is 0 Å². The van der Waals surface area contributed by atoms with Gasteiger partial charge in [-0.1, -0.05) is 24.9 Å². The number of hydrogen-bond donors (Lipinski definition) is 1. The smallest absolute Gasteiger partial charge is 0.124 e. The van der Waals surface area contributed by atoms with Gasteiger partial charge in [-0.05, 0) is 25.0 Å². The number of aryl methyl sites for hydroxylation is 1. The largest absolute Gasteiger partial charge is 0.493 e. The van der Waals surface area contributed by atoms with Gasteiger partial charge in [0.1, 0.15) is 5.75 Å². The number of unbranched alkanes of at least 4 members (excludes halogenated alkanes) is 1. The topological polar surface area (TPSA) is 35.2 Å². The molecule has 2 nitrogen and oxygen atoms in total. The maximum absolute atomic E-state index is 5.87. The van der Waals surface area contributed by atoms with Gasteiger partial charge in [0.2, 0.25) is 0 Å². The summed E-state index contributed by atoms with van der Waals surface area (Å²) in [5, 5.41) is 0.588. The van der Waals surface area contributed by atoms with Crippen LogP contribution < -0.4 is 10.5 Å². The number of halogens is 1. The Bertz CT molecular complexity index is 312. The van der Waals surface area contributed by atoms with Gasteiger partial charge in [-0.25, -0.2) is 0 Å². The predicted octanol–water partition coefficient (Wildman–Crippen LogP) is 3.41. The summed E-state index contributed by atoms with van der Waals surface area (Å²) in [7, 11) is 0. The molecule has 0 amide bonds. The molecule has 0 radical (unpaired) electrons. The van der Waals surface area contributed by atoms with Crippen LogP contribution in [0.15, 0.2) is 12.1 Å². The summed E-state index contributed by atoms with van der Waals surface area (Å²) in [5.74, 6) is 0.834. The highest BCUT2D eigenvalue weighted by Crippen LogP contribution is 2.28. The van der Waals surface area contributed by atoms with E-state index in [9.17, 15) is 0 Å². The Morgan fingerprint density at radius 3 is 2.79 bits per heavy atom. The van der Waals surface area contributed by atoms with Crippen molar-refractivity contribution in [2.75, 3.05) is 12.3 Å². The average Bonchev–Trinajstić information content (AvgIpc) is 2.14. The lowest BCUT2D eigenvalue weighted by Crippen LogP contribution is -1.99. The molecule has 0 aliphatic carbocycles. The Kier molecular flexibility index (Phi) is 4.08. The normalized spacial score (nSPS) is 10.2. The standard InChI is InChI=1S/C11H16ClNO/c1-3-4-5-14-11-7-10(13)9(12)6-8(11)2/h6-7H,3-5,13H2,1-2H3. The van der Waals surface area contributed by atoms with Crippen molar-refractivity contribution >= 4 is 17.3 Å². The molecule has 2 N–H and O–H groups in total. The van der Waals surface area contributed by atoms with Crippen molar-refractivity contribution < 1.29 is 4.74 Å². The third kappa shape index (κ3) is 2.81. The van der Waals surface area contributed by atoms with Gasteiger partial charge in [0.25, 0.3) is 0 Å². The molecule has 3 heteroatoms. The zero-order valence-electron chi connectivity index (χ0n) is 8.64. The first-order chi connectivity index (χ1) is 6.65. The fraction of sp³-hybridized carbons (Fsp3) is 0.455. The Labute approximate surface area is 90.0 Å². The van der Waals surface area contributed by atoms with E-state index >= 15 is 0 Å². The lowest BCUT2D eigenvalue weighted by Gasteiger charge is -2.10. The minimum absolute atomic E-state index is 0.573. The van der Waals surface area contributed by atoms with Crippen LogP contribution in [-0.2, 0) is 0 Å². The van der Waals surface area contributed by atoms with Crippen molar-refractivity contribution in [1.82, 2.24) is 0 Å². The van der Waals surface area contributed by atoms with Crippen molar-refractivity contribution in [2.24, 2.45) is 0 Å². The fourth-order valence-electron chi connectivity index (χ4n) is 1.15. The molecule has 1 aromatic rings. The van der Waals surface area contributed by atoms with E-state index in [2.05, 4.69) is 6.92 Å². The number of nitrogens with two attached hydrogens (primary N) is 1. The van der Waals surface area contributed by atoms with Gasteiger partial charge in [0.15, 0.2) is 0 Å². The Morgan fingerprint density at radius 2 is 2.14 bits per heavy atom. The molecule has 0 aromatic heterocycles. The molecule has 0 saturated carbocycles. The molecular weight excluding hydrogens is 198 g/mol. The van der Waals surface area contributed by atoms with E-state index in [1.165, 1.54) is 0 Å². The van der Waals surface area contributed by atoms with Crippen LogP contribution in [0.2, 0.25) is 5.02 Å². The Hall–Kier alpha value is -0.890. The molecule has 78 valence electrons. The highest BCUT2D eigenvalue weighted by atomic mass is 35.5. The summed E-state index contributed by atoms with van der Waals surface area (Å²) in [5.41, 5.74) is 7.28. The van der Waals surface area contributed by atoms with Crippen LogP contribution in [0.5, 0.6) is 5.75 Å². The number of benzene rings is 1. The van der Waals surface area contributed by atoms with Crippen molar-refractivity contribution in [1.29, 1.82) is 0 Å². The SMILES string of the molecule is CCCCOc1cc(N)c(Cl)cc1C. The molecule has 0 saturated heterocycles. The van der Waals surface area contributed by atoms with Gasteiger partial charge in [-0.3, -0.25) is 0 Å². The van der Waals surface area contributed by atoms with Crippen LogP contribution in [-0.4, -0.2) is 6.61 Å². The van der Waals surface area contributed by atoms with Gasteiger partial charge in [-0.15, -0.1) is 0 Å². The summed E-state index contributed by atoms with van der Waals surface area (Å²) in [6.07, 6.45) is 2.18. The van der Waals surface area contributed by atoms with Gasteiger partial charge < -0.3 is 10.5 Å². The van der Waals surface area contributed by atoms with Crippen LogP contribution >= 0.6 is 11.6 Å². The summed E-state index contributed by atoms with van der Waals surface area (Å²) < 4.78 is 5.57. The predicted molar refractivity (Wildman–Crippen MR) is 61.0 cm³/mol. The zero-order chi connectivity index (χ0) is 10.6. The highest BCUT2D eigenvalue weighted by molar-refractivity contribution is 6.33. The third-order valence-electron chi connectivity index (χ3n) is 2.05. The first kappa shape index (κ1) is 11.2. The first-order valence-corrected chi connectivity index (χ1v) is 5.21. The minimum Gasteiger partial charge on any atom is -0.493 e. The average molecular weight is 214 g/mol. The molecule has 0 heterocycles. The van der Waals surface area contributed by atoms with E-state index in [1.54, 1.807) is 6.07 Å². The summed E-state index contributed by atoms with van der Waals surface area (Å²) in [6, 6.07) is 3.62. The molecule has 0 atom stereocenters. The molecule has 0 aliphatic heterocycles. The lowest BCUT2D eigenvalue weighted by molar-refractivity contribution is 0.307. The van der Waals surface area contributed by atoms with Crippen molar-refractivity contribution in [2.45, 2.75) is 26.7 Å². The number of rotatable bonds is 4. The zero-order valence-corrected chi connectivity index (χ0v) is 9.40. The first-order valence-electron chi connectivity index (χ1n) is 4.83. The van der Waals surface area contributed by atoms with E-state index in [0.717, 1.165) is 30.8 Å². The van der Waals surface area contributed by atoms with Crippen molar-refractivity contribution in [3.63, 3.8) is 0 Å². The molecule has 0 bridgehead atoms. The molecular formula is C11H16ClNO.